The highest BCUT2D eigenvalue weighted by atomic mass is 32.2. The molecule has 6 nitrogen and oxygen atoms in total. The fourth-order valence-corrected chi connectivity index (χ4v) is 4.77. The molecule has 4 aromatic carbocycles. The van der Waals surface area contributed by atoms with Crippen LogP contribution in [0.3, 0.4) is 0 Å². The van der Waals surface area contributed by atoms with Gasteiger partial charge in [-0.15, -0.1) is 0 Å². The number of anilines is 2. The number of nitrogens with two attached hydrogens (primary N) is 2. The molecule has 0 saturated heterocycles. The van der Waals surface area contributed by atoms with Crippen LogP contribution >= 0.6 is 0 Å². The lowest BCUT2D eigenvalue weighted by atomic mass is 10.2. The smallest absolute Gasteiger partial charge is 0.158 e. The molecular formula is C26H24N2O4S. The summed E-state index contributed by atoms with van der Waals surface area (Å²) in [6.07, 6.45) is 0. The molecule has 0 heterocycles. The van der Waals surface area contributed by atoms with E-state index >= 15 is 0 Å². The average molecular weight is 461 g/mol. The molecule has 0 aliphatic carbocycles. The Morgan fingerprint density at radius 2 is 0.909 bits per heavy atom. The zero-order chi connectivity index (χ0) is 23.3. The van der Waals surface area contributed by atoms with Gasteiger partial charge < -0.3 is 20.9 Å². The van der Waals surface area contributed by atoms with Crippen molar-refractivity contribution >= 4 is 21.2 Å². The Hall–Kier alpha value is -3.97. The maximum absolute atomic E-state index is 12.7. The Kier molecular flexibility index (Phi) is 6.51. The van der Waals surface area contributed by atoms with Crippen LogP contribution in [0.25, 0.3) is 0 Å². The number of nitrogen functional groups attached to an aromatic ring is 2. The Morgan fingerprint density at radius 3 is 1.27 bits per heavy atom. The van der Waals surface area contributed by atoms with Gasteiger partial charge in [0.2, 0.25) is 0 Å². The summed E-state index contributed by atoms with van der Waals surface area (Å²) in [7, 11) is -3.37. The molecule has 4 rings (SSSR count). The molecule has 0 aliphatic rings. The van der Waals surface area contributed by atoms with Gasteiger partial charge in [-0.3, -0.25) is 0 Å². The standard InChI is InChI=1S/C26H24N2O4S/c27-23-5-1-3-7-25(23)31-21-13-9-19(10-14-21)17-33(29,30)18-20-11-15-22(16-12-20)32-26-8-4-2-6-24(26)28/h1-16H,17-18,27-28H2. The number of hydrogen-bond donors (Lipinski definition) is 2. The fraction of sp³-hybridized carbons (Fsp3) is 0.0769. The van der Waals surface area contributed by atoms with Crippen molar-refractivity contribution in [2.24, 2.45) is 0 Å². The van der Waals surface area contributed by atoms with Gasteiger partial charge in [0.25, 0.3) is 0 Å². The predicted molar refractivity (Wildman–Crippen MR) is 131 cm³/mol. The number of benzene rings is 4. The molecule has 0 atom stereocenters. The second-order valence-corrected chi connectivity index (χ2v) is 9.66. The highest BCUT2D eigenvalue weighted by Crippen LogP contribution is 2.29. The second kappa shape index (κ2) is 9.67. The topological polar surface area (TPSA) is 105 Å². The highest BCUT2D eigenvalue weighted by molar-refractivity contribution is 7.89. The number of hydrogen-bond acceptors (Lipinski definition) is 6. The minimum atomic E-state index is -3.37. The first-order chi connectivity index (χ1) is 15.9. The van der Waals surface area contributed by atoms with Gasteiger partial charge in [-0.1, -0.05) is 48.5 Å². The molecule has 0 aromatic heterocycles. The normalized spacial score (nSPS) is 11.2. The summed E-state index contributed by atoms with van der Waals surface area (Å²) in [5, 5.41) is 0. The molecule has 168 valence electrons. The van der Waals surface area contributed by atoms with Crippen LogP contribution in [-0.2, 0) is 21.3 Å². The van der Waals surface area contributed by atoms with E-state index in [9.17, 15) is 8.42 Å². The van der Waals surface area contributed by atoms with Crippen molar-refractivity contribution in [3.05, 3.63) is 108 Å². The fourth-order valence-electron chi connectivity index (χ4n) is 3.27. The SMILES string of the molecule is Nc1ccccc1Oc1ccc(CS(=O)(=O)Cc2ccc(Oc3ccccc3N)cc2)cc1. The molecule has 0 spiro atoms. The van der Waals surface area contributed by atoms with Crippen LogP contribution in [0.5, 0.6) is 23.0 Å². The lowest BCUT2D eigenvalue weighted by Crippen LogP contribution is -2.07. The minimum absolute atomic E-state index is 0.0699. The summed E-state index contributed by atoms with van der Waals surface area (Å²) in [6.45, 7) is 0. The molecular weight excluding hydrogens is 436 g/mol. The van der Waals surface area contributed by atoms with E-state index in [4.69, 9.17) is 20.9 Å². The van der Waals surface area contributed by atoms with E-state index in [2.05, 4.69) is 0 Å². The van der Waals surface area contributed by atoms with Crippen LogP contribution in [0.2, 0.25) is 0 Å². The van der Waals surface area contributed by atoms with E-state index in [-0.39, 0.29) is 11.5 Å². The van der Waals surface area contributed by atoms with E-state index in [1.54, 1.807) is 72.8 Å². The van der Waals surface area contributed by atoms with Crippen molar-refractivity contribution in [2.75, 3.05) is 11.5 Å². The second-order valence-electron chi connectivity index (χ2n) is 7.60. The van der Waals surface area contributed by atoms with Crippen LogP contribution in [0, 0.1) is 0 Å². The van der Waals surface area contributed by atoms with Crippen molar-refractivity contribution in [2.45, 2.75) is 11.5 Å². The molecule has 4 N–H and O–H groups in total. The largest absolute Gasteiger partial charge is 0.455 e. The quantitative estimate of drug-likeness (QED) is 0.334. The lowest BCUT2D eigenvalue weighted by molar-refractivity contribution is 0.484. The molecule has 0 bridgehead atoms. The van der Waals surface area contributed by atoms with E-state index in [1.165, 1.54) is 0 Å². The summed E-state index contributed by atoms with van der Waals surface area (Å²) in [5.41, 5.74) is 14.2. The van der Waals surface area contributed by atoms with Gasteiger partial charge in [0.1, 0.15) is 23.0 Å². The number of sulfone groups is 1. The van der Waals surface area contributed by atoms with Crippen molar-refractivity contribution < 1.29 is 17.9 Å². The van der Waals surface area contributed by atoms with Gasteiger partial charge in [0.05, 0.1) is 22.9 Å². The van der Waals surface area contributed by atoms with Crippen LogP contribution < -0.4 is 20.9 Å². The third-order valence-electron chi connectivity index (χ3n) is 4.91. The number of rotatable bonds is 8. The van der Waals surface area contributed by atoms with E-state index in [0.717, 1.165) is 0 Å². The summed E-state index contributed by atoms with van der Waals surface area (Å²) in [6, 6.07) is 28.3. The maximum Gasteiger partial charge on any atom is 0.158 e. The summed E-state index contributed by atoms with van der Waals surface area (Å²) in [4.78, 5) is 0. The molecule has 4 aromatic rings. The highest BCUT2D eigenvalue weighted by Gasteiger charge is 2.14. The van der Waals surface area contributed by atoms with Crippen molar-refractivity contribution in [1.29, 1.82) is 0 Å². The number of para-hydroxylation sites is 4. The molecule has 33 heavy (non-hydrogen) atoms. The summed E-state index contributed by atoms with van der Waals surface area (Å²) in [5.74, 6) is 2.15. The molecule has 0 unspecified atom stereocenters. The molecule has 0 saturated carbocycles. The van der Waals surface area contributed by atoms with Gasteiger partial charge in [-0.25, -0.2) is 8.42 Å². The minimum Gasteiger partial charge on any atom is -0.455 e. The average Bonchev–Trinajstić information content (AvgIpc) is 2.79. The first-order valence-corrected chi connectivity index (χ1v) is 12.1. The Morgan fingerprint density at radius 1 is 0.545 bits per heavy atom. The monoisotopic (exact) mass is 460 g/mol. The first kappa shape index (κ1) is 22.2. The molecule has 0 amide bonds. The van der Waals surface area contributed by atoms with E-state index < -0.39 is 9.84 Å². The zero-order valence-electron chi connectivity index (χ0n) is 17.8. The van der Waals surface area contributed by atoms with Crippen molar-refractivity contribution in [1.82, 2.24) is 0 Å². The lowest BCUT2D eigenvalue weighted by Gasteiger charge is -2.10. The Labute approximate surface area is 193 Å². The van der Waals surface area contributed by atoms with Gasteiger partial charge in [0, 0.05) is 0 Å². The molecule has 7 heteroatoms. The molecule has 0 radical (unpaired) electrons. The summed E-state index contributed by atoms with van der Waals surface area (Å²) >= 11 is 0. The van der Waals surface area contributed by atoms with Gasteiger partial charge in [-0.2, -0.15) is 0 Å². The van der Waals surface area contributed by atoms with Crippen LogP contribution in [-0.4, -0.2) is 8.42 Å². The molecule has 0 aliphatic heterocycles. The van der Waals surface area contributed by atoms with E-state index in [0.29, 0.717) is 45.5 Å². The predicted octanol–water partition coefficient (Wildman–Crippen LogP) is 5.55. The van der Waals surface area contributed by atoms with Crippen molar-refractivity contribution in [3.63, 3.8) is 0 Å². The third-order valence-corrected chi connectivity index (χ3v) is 6.46. The Balaban J connectivity index is 1.37. The van der Waals surface area contributed by atoms with Crippen molar-refractivity contribution in [3.8, 4) is 23.0 Å². The third kappa shape index (κ3) is 6.05. The van der Waals surface area contributed by atoms with Gasteiger partial charge >= 0.3 is 0 Å². The molecule has 0 fully saturated rings. The van der Waals surface area contributed by atoms with E-state index in [1.807, 2.05) is 24.3 Å². The van der Waals surface area contributed by atoms with Crippen LogP contribution in [0.1, 0.15) is 11.1 Å². The summed E-state index contributed by atoms with van der Waals surface area (Å²) < 4.78 is 36.9. The van der Waals surface area contributed by atoms with Gasteiger partial charge in [0.15, 0.2) is 9.84 Å². The van der Waals surface area contributed by atoms with Gasteiger partial charge in [-0.05, 0) is 59.7 Å². The number of ether oxygens (including phenoxy) is 2. The van der Waals surface area contributed by atoms with Crippen LogP contribution in [0.15, 0.2) is 97.1 Å². The van der Waals surface area contributed by atoms with Crippen LogP contribution in [0.4, 0.5) is 11.4 Å². The zero-order valence-corrected chi connectivity index (χ0v) is 18.7. The first-order valence-electron chi connectivity index (χ1n) is 10.3. The maximum atomic E-state index is 12.7. The Bertz CT molecular complexity index is 1240.